The van der Waals surface area contributed by atoms with Crippen LogP contribution in [0.15, 0.2) is 0 Å². The van der Waals surface area contributed by atoms with Gasteiger partial charge in [-0.1, -0.05) is 39.0 Å². The third-order valence-corrected chi connectivity index (χ3v) is 3.90. The van der Waals surface area contributed by atoms with Gasteiger partial charge in [0.2, 0.25) is 5.91 Å². The van der Waals surface area contributed by atoms with Crippen molar-refractivity contribution in [2.75, 3.05) is 0 Å². The summed E-state index contributed by atoms with van der Waals surface area (Å²) in [5.74, 6) is 1.31. The van der Waals surface area contributed by atoms with Crippen molar-refractivity contribution >= 4 is 5.91 Å². The molecule has 15 heavy (non-hydrogen) atoms. The third kappa shape index (κ3) is 3.22. The highest BCUT2D eigenvalue weighted by molar-refractivity contribution is 5.81. The van der Waals surface area contributed by atoms with Gasteiger partial charge >= 0.3 is 0 Å². The molecule has 2 atom stereocenters. The average Bonchev–Trinajstić information content (AvgIpc) is 2.87. The Labute approximate surface area is 92.8 Å². The Morgan fingerprint density at radius 3 is 2.13 bits per heavy atom. The van der Waals surface area contributed by atoms with Gasteiger partial charge in [0, 0.05) is 12.0 Å². The van der Waals surface area contributed by atoms with Gasteiger partial charge in [-0.15, -0.1) is 0 Å². The zero-order valence-electron chi connectivity index (χ0n) is 9.80. The van der Waals surface area contributed by atoms with Gasteiger partial charge < -0.3 is 5.32 Å². The van der Waals surface area contributed by atoms with Crippen LogP contribution in [0.1, 0.15) is 58.3 Å². The van der Waals surface area contributed by atoms with Gasteiger partial charge in [0.1, 0.15) is 0 Å². The van der Waals surface area contributed by atoms with Crippen LogP contribution in [0, 0.1) is 11.8 Å². The molecule has 0 heterocycles. The topological polar surface area (TPSA) is 29.1 Å². The molecule has 0 saturated heterocycles. The quantitative estimate of drug-likeness (QED) is 0.744. The molecule has 0 aromatic rings. The Kier molecular flexibility index (Phi) is 3.66. The Hall–Kier alpha value is -0.530. The number of carbonyl (C=O) groups excluding carboxylic acids is 1. The van der Waals surface area contributed by atoms with Crippen molar-refractivity contribution in [3.05, 3.63) is 0 Å². The molecule has 0 aromatic carbocycles. The lowest BCUT2D eigenvalue weighted by Gasteiger charge is -2.21. The summed E-state index contributed by atoms with van der Waals surface area (Å²) < 4.78 is 0. The molecule has 0 unspecified atom stereocenters. The lowest BCUT2D eigenvalue weighted by atomic mass is 9.96. The van der Waals surface area contributed by atoms with E-state index in [0.717, 1.165) is 6.42 Å². The number of amides is 1. The molecule has 2 aliphatic rings. The molecule has 2 heteroatoms. The minimum absolute atomic E-state index is 0.327. The van der Waals surface area contributed by atoms with Gasteiger partial charge in [0.25, 0.3) is 0 Å². The van der Waals surface area contributed by atoms with Crippen LogP contribution in [-0.4, -0.2) is 11.9 Å². The lowest BCUT2D eigenvalue weighted by molar-refractivity contribution is -0.123. The Morgan fingerprint density at radius 1 is 1.07 bits per heavy atom. The van der Waals surface area contributed by atoms with Crippen LogP contribution in [0.3, 0.4) is 0 Å². The van der Waals surface area contributed by atoms with Gasteiger partial charge in [-0.2, -0.15) is 0 Å². The minimum atomic E-state index is 0.327. The number of nitrogens with one attached hydrogen (secondary N) is 1. The summed E-state index contributed by atoms with van der Waals surface area (Å²) in [4.78, 5) is 11.8. The van der Waals surface area contributed by atoms with E-state index in [1.165, 1.54) is 44.9 Å². The van der Waals surface area contributed by atoms with Crippen LogP contribution in [0.2, 0.25) is 0 Å². The molecule has 2 rings (SSSR count). The highest BCUT2D eigenvalue weighted by Crippen LogP contribution is 2.37. The largest absolute Gasteiger partial charge is 0.353 e. The summed E-state index contributed by atoms with van der Waals surface area (Å²) in [6.45, 7) is 2.17. The van der Waals surface area contributed by atoms with Crippen LogP contribution in [-0.2, 0) is 4.79 Å². The summed E-state index contributed by atoms with van der Waals surface area (Å²) in [7, 11) is 0. The number of rotatable bonds is 2. The Morgan fingerprint density at radius 2 is 1.60 bits per heavy atom. The van der Waals surface area contributed by atoms with Crippen molar-refractivity contribution < 1.29 is 4.79 Å². The summed E-state index contributed by atoms with van der Waals surface area (Å²) >= 11 is 0. The predicted molar refractivity (Wildman–Crippen MR) is 61.5 cm³/mol. The molecular formula is C13H23NO. The van der Waals surface area contributed by atoms with Crippen LogP contribution in [0.4, 0.5) is 0 Å². The predicted octanol–water partition coefficient (Wildman–Crippen LogP) is 2.87. The molecule has 2 fully saturated rings. The monoisotopic (exact) mass is 209 g/mol. The SMILES string of the molecule is C[C@@H]1C[C@@H]1C(=O)NC1CCCCCCC1. The maximum atomic E-state index is 11.8. The van der Waals surface area contributed by atoms with E-state index >= 15 is 0 Å². The lowest BCUT2D eigenvalue weighted by Crippen LogP contribution is -2.36. The fourth-order valence-corrected chi connectivity index (χ4v) is 2.60. The summed E-state index contributed by atoms with van der Waals surface area (Å²) in [6, 6.07) is 0.477. The van der Waals surface area contributed by atoms with Crippen molar-refractivity contribution in [1.82, 2.24) is 5.32 Å². The summed E-state index contributed by atoms with van der Waals surface area (Å²) in [5.41, 5.74) is 0. The Balaban J connectivity index is 1.74. The van der Waals surface area contributed by atoms with E-state index in [4.69, 9.17) is 0 Å². The van der Waals surface area contributed by atoms with E-state index in [9.17, 15) is 4.79 Å². The number of carbonyl (C=O) groups is 1. The zero-order chi connectivity index (χ0) is 10.7. The van der Waals surface area contributed by atoms with E-state index in [2.05, 4.69) is 12.2 Å². The number of hydrogen-bond donors (Lipinski definition) is 1. The van der Waals surface area contributed by atoms with Crippen LogP contribution >= 0.6 is 0 Å². The molecule has 2 nitrogen and oxygen atoms in total. The first-order valence-electron chi connectivity index (χ1n) is 6.58. The van der Waals surface area contributed by atoms with Gasteiger partial charge in [0.15, 0.2) is 0 Å². The molecule has 2 saturated carbocycles. The number of hydrogen-bond acceptors (Lipinski definition) is 1. The summed E-state index contributed by atoms with van der Waals surface area (Å²) in [5, 5.41) is 3.24. The first kappa shape index (κ1) is 11.0. The molecule has 86 valence electrons. The molecule has 0 aliphatic heterocycles. The second kappa shape index (κ2) is 5.00. The molecule has 0 aromatic heterocycles. The van der Waals surface area contributed by atoms with Gasteiger partial charge in [-0.25, -0.2) is 0 Å². The fraction of sp³-hybridized carbons (Fsp3) is 0.923. The zero-order valence-corrected chi connectivity index (χ0v) is 9.80. The van der Waals surface area contributed by atoms with Gasteiger partial charge in [-0.3, -0.25) is 4.79 Å². The van der Waals surface area contributed by atoms with Crippen molar-refractivity contribution in [2.24, 2.45) is 11.8 Å². The molecule has 1 amide bonds. The molecule has 1 N–H and O–H groups in total. The van der Waals surface area contributed by atoms with Gasteiger partial charge in [-0.05, 0) is 25.2 Å². The van der Waals surface area contributed by atoms with E-state index in [0.29, 0.717) is 23.8 Å². The maximum Gasteiger partial charge on any atom is 0.223 e. The van der Waals surface area contributed by atoms with Crippen molar-refractivity contribution in [1.29, 1.82) is 0 Å². The summed E-state index contributed by atoms with van der Waals surface area (Å²) in [6.07, 6.45) is 10.2. The first-order valence-corrected chi connectivity index (χ1v) is 6.58. The third-order valence-electron chi connectivity index (χ3n) is 3.90. The van der Waals surface area contributed by atoms with Crippen molar-refractivity contribution in [3.63, 3.8) is 0 Å². The second-order valence-electron chi connectivity index (χ2n) is 5.37. The minimum Gasteiger partial charge on any atom is -0.353 e. The molecule has 0 bridgehead atoms. The average molecular weight is 209 g/mol. The van der Waals surface area contributed by atoms with Crippen LogP contribution in [0.5, 0.6) is 0 Å². The standard InChI is InChI=1S/C13H23NO/c1-10-9-12(10)13(15)14-11-7-5-3-2-4-6-8-11/h10-12H,2-9H2,1H3,(H,14,15)/t10-,12+/m1/s1. The smallest absolute Gasteiger partial charge is 0.223 e. The van der Waals surface area contributed by atoms with Gasteiger partial charge in [0.05, 0.1) is 0 Å². The highest BCUT2D eigenvalue weighted by Gasteiger charge is 2.39. The Bertz CT molecular complexity index is 219. The van der Waals surface area contributed by atoms with E-state index in [1.807, 2.05) is 0 Å². The van der Waals surface area contributed by atoms with Crippen molar-refractivity contribution in [2.45, 2.75) is 64.3 Å². The highest BCUT2D eigenvalue weighted by atomic mass is 16.2. The van der Waals surface area contributed by atoms with E-state index < -0.39 is 0 Å². The van der Waals surface area contributed by atoms with Crippen LogP contribution in [0.25, 0.3) is 0 Å². The second-order valence-corrected chi connectivity index (χ2v) is 5.37. The van der Waals surface area contributed by atoms with E-state index in [-0.39, 0.29) is 0 Å². The van der Waals surface area contributed by atoms with E-state index in [1.54, 1.807) is 0 Å². The molecule has 2 aliphatic carbocycles. The van der Waals surface area contributed by atoms with Crippen LogP contribution < -0.4 is 5.32 Å². The molecule has 0 spiro atoms. The molecule has 0 radical (unpaired) electrons. The van der Waals surface area contributed by atoms with Crippen molar-refractivity contribution in [3.8, 4) is 0 Å². The fourth-order valence-electron chi connectivity index (χ4n) is 2.60. The normalized spacial score (nSPS) is 32.9. The first-order chi connectivity index (χ1) is 7.27. The molecular weight excluding hydrogens is 186 g/mol. The maximum absolute atomic E-state index is 11.8.